The fourth-order valence-electron chi connectivity index (χ4n) is 1.48. The van der Waals surface area contributed by atoms with Gasteiger partial charge in [-0.25, -0.2) is 0 Å². The third kappa shape index (κ3) is 1.71. The van der Waals surface area contributed by atoms with E-state index in [4.69, 9.17) is 9.84 Å². The van der Waals surface area contributed by atoms with Gasteiger partial charge in [0.25, 0.3) is 0 Å². The number of carboxylic acids is 1. The Morgan fingerprint density at radius 2 is 2.18 bits per heavy atom. The maximum absolute atomic E-state index is 10.6. The van der Waals surface area contributed by atoms with Crippen LogP contribution in [-0.2, 0) is 9.53 Å². The third-order valence-corrected chi connectivity index (χ3v) is 2.30. The minimum Gasteiger partial charge on any atom is -0.481 e. The molecule has 1 aliphatic rings. The van der Waals surface area contributed by atoms with Crippen molar-refractivity contribution in [3.8, 4) is 0 Å². The first kappa shape index (κ1) is 8.53. The summed E-state index contributed by atoms with van der Waals surface area (Å²) in [5.74, 6) is -0.401. The van der Waals surface area contributed by atoms with E-state index in [2.05, 4.69) is 0 Å². The molecule has 0 saturated carbocycles. The van der Waals surface area contributed by atoms with Crippen molar-refractivity contribution in [2.24, 2.45) is 17.8 Å². The highest BCUT2D eigenvalue weighted by atomic mass is 16.5. The van der Waals surface area contributed by atoms with Crippen LogP contribution >= 0.6 is 0 Å². The molecule has 0 radical (unpaired) electrons. The molecule has 0 aromatic carbocycles. The number of hydrogen-bond acceptors (Lipinski definition) is 2. The molecule has 0 aliphatic carbocycles. The molecule has 3 heteroatoms. The minimum absolute atomic E-state index is 0.201. The Kier molecular flexibility index (Phi) is 2.49. The summed E-state index contributed by atoms with van der Waals surface area (Å²) in [7, 11) is 0. The molecule has 1 heterocycles. The van der Waals surface area contributed by atoms with E-state index in [1.807, 2.05) is 13.8 Å². The Hall–Kier alpha value is -0.570. The van der Waals surface area contributed by atoms with Crippen LogP contribution in [0.3, 0.4) is 0 Å². The first-order valence-corrected chi connectivity index (χ1v) is 3.93. The number of hydrogen-bond donors (Lipinski definition) is 1. The van der Waals surface area contributed by atoms with Gasteiger partial charge >= 0.3 is 5.97 Å². The van der Waals surface area contributed by atoms with Gasteiger partial charge < -0.3 is 9.84 Å². The van der Waals surface area contributed by atoms with E-state index in [-0.39, 0.29) is 11.8 Å². The van der Waals surface area contributed by atoms with Crippen molar-refractivity contribution in [3.05, 3.63) is 0 Å². The molecule has 1 rings (SSSR count). The highest BCUT2D eigenvalue weighted by molar-refractivity contribution is 5.70. The molecule has 1 fully saturated rings. The fraction of sp³-hybridized carbons (Fsp3) is 0.875. The van der Waals surface area contributed by atoms with Crippen molar-refractivity contribution in [1.29, 1.82) is 0 Å². The monoisotopic (exact) mass is 158 g/mol. The summed E-state index contributed by atoms with van der Waals surface area (Å²) in [5.41, 5.74) is 0. The van der Waals surface area contributed by atoms with Gasteiger partial charge in [-0.1, -0.05) is 13.8 Å². The van der Waals surface area contributed by atoms with Gasteiger partial charge in [0, 0.05) is 5.92 Å². The lowest BCUT2D eigenvalue weighted by Gasteiger charge is -2.16. The van der Waals surface area contributed by atoms with Gasteiger partial charge in [0.15, 0.2) is 0 Å². The highest BCUT2D eigenvalue weighted by Gasteiger charge is 2.35. The molecule has 64 valence electrons. The normalized spacial score (nSPS) is 31.2. The zero-order valence-corrected chi connectivity index (χ0v) is 6.91. The van der Waals surface area contributed by atoms with Crippen molar-refractivity contribution in [2.45, 2.75) is 13.8 Å². The van der Waals surface area contributed by atoms with Crippen LogP contribution in [0.25, 0.3) is 0 Å². The van der Waals surface area contributed by atoms with E-state index in [1.165, 1.54) is 0 Å². The van der Waals surface area contributed by atoms with Crippen molar-refractivity contribution in [2.75, 3.05) is 13.2 Å². The maximum atomic E-state index is 10.6. The van der Waals surface area contributed by atoms with E-state index in [0.717, 1.165) is 0 Å². The van der Waals surface area contributed by atoms with Gasteiger partial charge in [0.2, 0.25) is 0 Å². The molecule has 0 aromatic heterocycles. The maximum Gasteiger partial charge on any atom is 0.309 e. The molecule has 1 saturated heterocycles. The second kappa shape index (κ2) is 3.22. The molecule has 0 amide bonds. The number of aliphatic carboxylic acids is 1. The van der Waals surface area contributed by atoms with E-state index < -0.39 is 5.97 Å². The predicted molar refractivity (Wildman–Crippen MR) is 40.3 cm³/mol. The minimum atomic E-state index is -0.721. The first-order valence-electron chi connectivity index (χ1n) is 3.93. The van der Waals surface area contributed by atoms with Crippen LogP contribution in [0.2, 0.25) is 0 Å². The van der Waals surface area contributed by atoms with Gasteiger partial charge in [-0.05, 0) is 5.92 Å². The molecule has 11 heavy (non-hydrogen) atoms. The average Bonchev–Trinajstić information content (AvgIpc) is 2.32. The quantitative estimate of drug-likeness (QED) is 0.651. The summed E-state index contributed by atoms with van der Waals surface area (Å²) in [6.07, 6.45) is 0. The molecule has 2 atom stereocenters. The van der Waals surface area contributed by atoms with E-state index in [0.29, 0.717) is 19.1 Å². The zero-order valence-electron chi connectivity index (χ0n) is 6.91. The van der Waals surface area contributed by atoms with Gasteiger partial charge in [-0.15, -0.1) is 0 Å². The Bertz CT molecular complexity index is 153. The fourth-order valence-corrected chi connectivity index (χ4v) is 1.48. The predicted octanol–water partition coefficient (Wildman–Crippen LogP) is 0.990. The van der Waals surface area contributed by atoms with Crippen LogP contribution in [0.5, 0.6) is 0 Å². The summed E-state index contributed by atoms with van der Waals surface area (Å²) in [5, 5.41) is 8.75. The zero-order chi connectivity index (χ0) is 8.43. The largest absolute Gasteiger partial charge is 0.481 e. The van der Waals surface area contributed by atoms with Crippen LogP contribution in [0, 0.1) is 17.8 Å². The Balaban J connectivity index is 2.58. The van der Waals surface area contributed by atoms with Crippen LogP contribution in [0.15, 0.2) is 0 Å². The third-order valence-electron chi connectivity index (χ3n) is 2.30. The number of rotatable bonds is 2. The Labute approximate surface area is 66.4 Å². The lowest BCUT2D eigenvalue weighted by Crippen LogP contribution is -2.25. The van der Waals surface area contributed by atoms with Gasteiger partial charge in [0.1, 0.15) is 0 Å². The Morgan fingerprint density at radius 3 is 2.55 bits per heavy atom. The standard InChI is InChI=1S/C8H14O3/c1-5(2)6-3-11-4-7(6)8(9)10/h5-7H,3-4H2,1-2H3,(H,9,10). The van der Waals surface area contributed by atoms with Crippen LogP contribution in [0.1, 0.15) is 13.8 Å². The second-order valence-corrected chi connectivity index (χ2v) is 3.39. The number of ether oxygens (including phenoxy) is 1. The van der Waals surface area contributed by atoms with Crippen molar-refractivity contribution in [1.82, 2.24) is 0 Å². The smallest absolute Gasteiger partial charge is 0.309 e. The number of carbonyl (C=O) groups is 1. The SMILES string of the molecule is CC(C)C1COCC1C(=O)O. The van der Waals surface area contributed by atoms with E-state index in [9.17, 15) is 4.79 Å². The molecule has 1 N–H and O–H groups in total. The molecule has 2 unspecified atom stereocenters. The lowest BCUT2D eigenvalue weighted by atomic mass is 9.86. The van der Waals surface area contributed by atoms with Gasteiger partial charge in [-0.2, -0.15) is 0 Å². The van der Waals surface area contributed by atoms with Crippen LogP contribution < -0.4 is 0 Å². The summed E-state index contributed by atoms with van der Waals surface area (Å²) in [6.45, 7) is 5.07. The molecule has 0 spiro atoms. The van der Waals surface area contributed by atoms with E-state index >= 15 is 0 Å². The molecular formula is C8H14O3. The molecule has 3 nitrogen and oxygen atoms in total. The van der Waals surface area contributed by atoms with Crippen molar-refractivity contribution < 1.29 is 14.6 Å². The molecular weight excluding hydrogens is 144 g/mol. The summed E-state index contributed by atoms with van der Waals surface area (Å²) >= 11 is 0. The van der Waals surface area contributed by atoms with Gasteiger partial charge in [-0.3, -0.25) is 4.79 Å². The summed E-state index contributed by atoms with van der Waals surface area (Å²) in [4.78, 5) is 10.6. The Morgan fingerprint density at radius 1 is 1.55 bits per heavy atom. The molecule has 0 aromatic rings. The summed E-state index contributed by atoms with van der Waals surface area (Å²) in [6, 6.07) is 0. The molecule has 0 bridgehead atoms. The average molecular weight is 158 g/mol. The topological polar surface area (TPSA) is 46.5 Å². The van der Waals surface area contributed by atoms with Crippen LogP contribution in [0.4, 0.5) is 0 Å². The van der Waals surface area contributed by atoms with Crippen LogP contribution in [-0.4, -0.2) is 24.3 Å². The first-order chi connectivity index (χ1) is 5.13. The molecule has 1 aliphatic heterocycles. The van der Waals surface area contributed by atoms with Gasteiger partial charge in [0.05, 0.1) is 19.1 Å². The lowest BCUT2D eigenvalue weighted by molar-refractivity contribution is -0.143. The van der Waals surface area contributed by atoms with Crippen molar-refractivity contribution >= 4 is 5.97 Å². The highest BCUT2D eigenvalue weighted by Crippen LogP contribution is 2.27. The second-order valence-electron chi connectivity index (χ2n) is 3.39. The van der Waals surface area contributed by atoms with E-state index in [1.54, 1.807) is 0 Å². The van der Waals surface area contributed by atoms with Crippen molar-refractivity contribution in [3.63, 3.8) is 0 Å². The summed E-state index contributed by atoms with van der Waals surface area (Å²) < 4.78 is 5.11. The number of carboxylic acid groups (broad SMARTS) is 1.